The maximum absolute atomic E-state index is 11.7. The summed E-state index contributed by atoms with van der Waals surface area (Å²) in [5.74, 6) is 0. The van der Waals surface area contributed by atoms with Gasteiger partial charge in [-0.2, -0.15) is 0 Å². The number of nitrogens with zero attached hydrogens (tertiary/aromatic N) is 4. The van der Waals surface area contributed by atoms with E-state index in [0.717, 1.165) is 36.0 Å². The van der Waals surface area contributed by atoms with Crippen LogP contribution in [0.3, 0.4) is 0 Å². The largest absolute Gasteiger partial charge is 0.449 e. The smallest absolute Gasteiger partial charge is 0.290 e. The Balaban J connectivity index is 1.95. The van der Waals surface area contributed by atoms with E-state index in [9.17, 15) is 40.5 Å². The molecule has 34 heavy (non-hydrogen) atoms. The van der Waals surface area contributed by atoms with Gasteiger partial charge in [0.1, 0.15) is 5.58 Å². The summed E-state index contributed by atoms with van der Waals surface area (Å²) < 4.78 is 5.83. The molecular weight excluding hydrogens is 472 g/mol. The van der Waals surface area contributed by atoms with Gasteiger partial charge < -0.3 is 4.42 Å². The molecular formula is C20H10N4O9S. The number of fused-ring (bicyclic) bond motifs is 1. The normalized spacial score (nSPS) is 10.8. The molecule has 0 saturated heterocycles. The third kappa shape index (κ3) is 4.00. The lowest BCUT2D eigenvalue weighted by molar-refractivity contribution is -0.396. The van der Waals surface area contributed by atoms with Crippen LogP contribution in [0, 0.1) is 40.5 Å². The molecule has 0 aliphatic carbocycles. The zero-order valence-corrected chi connectivity index (χ0v) is 17.5. The van der Waals surface area contributed by atoms with Gasteiger partial charge >= 0.3 is 0 Å². The summed E-state index contributed by atoms with van der Waals surface area (Å²) in [6.07, 6.45) is 0. The highest BCUT2D eigenvalue weighted by Gasteiger charge is 2.28. The molecule has 0 saturated carbocycles. The molecule has 0 N–H and O–H groups in total. The molecule has 0 amide bonds. The van der Waals surface area contributed by atoms with Crippen LogP contribution in [0.5, 0.6) is 0 Å². The van der Waals surface area contributed by atoms with Crippen LogP contribution in [0.2, 0.25) is 0 Å². The average Bonchev–Trinajstić information content (AvgIpc) is 3.16. The molecule has 0 aliphatic rings. The van der Waals surface area contributed by atoms with E-state index in [1.54, 1.807) is 24.3 Å². The van der Waals surface area contributed by atoms with Gasteiger partial charge in [-0.15, -0.1) is 0 Å². The van der Waals surface area contributed by atoms with E-state index >= 15 is 0 Å². The Hall–Kier alpha value is -4.85. The van der Waals surface area contributed by atoms with E-state index in [1.807, 2.05) is 0 Å². The fraction of sp³-hybridized carbons (Fsp3) is 0. The van der Waals surface area contributed by atoms with Gasteiger partial charge in [-0.25, -0.2) is 0 Å². The van der Waals surface area contributed by atoms with Crippen LogP contribution < -0.4 is 0 Å². The molecule has 3 aromatic carbocycles. The van der Waals surface area contributed by atoms with Crippen LogP contribution in [0.4, 0.5) is 22.7 Å². The molecule has 0 atom stereocenters. The third-order valence-corrected chi connectivity index (χ3v) is 5.81. The molecule has 13 nitrogen and oxygen atoms in total. The van der Waals surface area contributed by atoms with Crippen LogP contribution in [0.15, 0.2) is 75.1 Å². The van der Waals surface area contributed by atoms with Crippen molar-refractivity contribution in [3.63, 3.8) is 0 Å². The van der Waals surface area contributed by atoms with Gasteiger partial charge in [0.25, 0.3) is 22.7 Å². The minimum Gasteiger partial charge on any atom is -0.449 e. The number of hydrogen-bond acceptors (Lipinski definition) is 10. The topological polar surface area (TPSA) is 186 Å². The van der Waals surface area contributed by atoms with Gasteiger partial charge in [0, 0.05) is 23.1 Å². The summed E-state index contributed by atoms with van der Waals surface area (Å²) in [4.78, 5) is 42.3. The second-order valence-corrected chi connectivity index (χ2v) is 7.76. The van der Waals surface area contributed by atoms with Crippen LogP contribution in [0.25, 0.3) is 22.1 Å². The van der Waals surface area contributed by atoms with E-state index in [-0.39, 0.29) is 21.1 Å². The van der Waals surface area contributed by atoms with Crippen molar-refractivity contribution < 1.29 is 24.1 Å². The van der Waals surface area contributed by atoms with E-state index in [1.165, 1.54) is 12.1 Å². The van der Waals surface area contributed by atoms with Crippen LogP contribution >= 0.6 is 11.8 Å². The first-order valence-electron chi connectivity index (χ1n) is 9.22. The highest BCUT2D eigenvalue weighted by atomic mass is 32.2. The van der Waals surface area contributed by atoms with Gasteiger partial charge in [0.15, 0.2) is 5.09 Å². The molecule has 14 heteroatoms. The molecule has 0 aliphatic heterocycles. The molecule has 0 radical (unpaired) electrons. The number of para-hydroxylation sites is 1. The van der Waals surface area contributed by atoms with Crippen molar-refractivity contribution in [2.75, 3.05) is 0 Å². The van der Waals surface area contributed by atoms with Gasteiger partial charge in [-0.1, -0.05) is 18.2 Å². The molecule has 0 fully saturated rings. The van der Waals surface area contributed by atoms with Crippen LogP contribution in [-0.4, -0.2) is 19.7 Å². The lowest BCUT2D eigenvalue weighted by Crippen LogP contribution is -1.96. The fourth-order valence-corrected chi connectivity index (χ4v) is 4.32. The van der Waals surface area contributed by atoms with E-state index in [0.29, 0.717) is 11.0 Å². The monoisotopic (exact) mass is 482 g/mol. The summed E-state index contributed by atoms with van der Waals surface area (Å²) >= 11 is 0.754. The molecule has 1 heterocycles. The van der Waals surface area contributed by atoms with Crippen molar-refractivity contribution in [3.05, 3.63) is 101 Å². The average molecular weight is 482 g/mol. The molecule has 1 aromatic heterocycles. The van der Waals surface area contributed by atoms with E-state index in [4.69, 9.17) is 4.42 Å². The minimum atomic E-state index is -0.786. The van der Waals surface area contributed by atoms with Crippen LogP contribution in [0.1, 0.15) is 0 Å². The Morgan fingerprint density at radius 2 is 1.26 bits per heavy atom. The predicted molar refractivity (Wildman–Crippen MR) is 119 cm³/mol. The number of furan rings is 1. The second-order valence-electron chi connectivity index (χ2n) is 6.74. The summed E-state index contributed by atoms with van der Waals surface area (Å²) in [5, 5.41) is 45.9. The molecule has 0 spiro atoms. The summed E-state index contributed by atoms with van der Waals surface area (Å²) in [5.41, 5.74) is -1.54. The maximum atomic E-state index is 11.7. The first-order chi connectivity index (χ1) is 16.2. The molecule has 170 valence electrons. The van der Waals surface area contributed by atoms with Gasteiger partial charge in [-0.3, -0.25) is 40.5 Å². The van der Waals surface area contributed by atoms with Gasteiger partial charge in [0.2, 0.25) is 0 Å². The minimum absolute atomic E-state index is 0.000436. The lowest BCUT2D eigenvalue weighted by atomic mass is 10.0. The Bertz CT molecular complexity index is 1520. The van der Waals surface area contributed by atoms with Crippen molar-refractivity contribution in [3.8, 4) is 11.1 Å². The number of benzene rings is 3. The standard InChI is InChI=1S/C20H10N4O9S/c25-21(26)11-5-7-13(15(9-11)23(29)30)19-14-3-1-2-4-17(14)33-20(19)34-18-8-6-12(22(27)28)10-16(18)24(31)32/h1-10H. The number of rotatable bonds is 7. The summed E-state index contributed by atoms with van der Waals surface area (Å²) in [7, 11) is 0. The van der Waals surface area contributed by atoms with Crippen molar-refractivity contribution in [1.29, 1.82) is 0 Å². The van der Waals surface area contributed by atoms with Crippen molar-refractivity contribution in [2.24, 2.45) is 0 Å². The zero-order chi connectivity index (χ0) is 24.6. The van der Waals surface area contributed by atoms with E-state index in [2.05, 4.69) is 0 Å². The molecule has 0 bridgehead atoms. The summed E-state index contributed by atoms with van der Waals surface area (Å²) in [6, 6.07) is 12.7. The Morgan fingerprint density at radius 1 is 0.676 bits per heavy atom. The maximum Gasteiger partial charge on any atom is 0.290 e. The number of non-ortho nitro benzene ring substituents is 2. The lowest BCUT2D eigenvalue weighted by Gasteiger charge is -2.06. The molecule has 0 unspecified atom stereocenters. The zero-order valence-electron chi connectivity index (χ0n) is 16.6. The summed E-state index contributed by atoms with van der Waals surface area (Å²) in [6.45, 7) is 0. The first kappa shape index (κ1) is 22.3. The molecule has 4 rings (SSSR count). The first-order valence-corrected chi connectivity index (χ1v) is 10.0. The second kappa shape index (κ2) is 8.59. The number of nitro groups is 4. The Morgan fingerprint density at radius 3 is 1.88 bits per heavy atom. The highest BCUT2D eigenvalue weighted by Crippen LogP contribution is 2.48. The fourth-order valence-electron chi connectivity index (χ4n) is 3.29. The SMILES string of the molecule is O=[N+]([O-])c1ccc(Sc2oc3ccccc3c2-c2ccc([N+](=O)[O-])cc2[N+](=O)[O-])c([N+](=O)[O-])c1. The van der Waals surface area contributed by atoms with Crippen LogP contribution in [-0.2, 0) is 0 Å². The predicted octanol–water partition coefficient (Wildman–Crippen LogP) is 5.88. The quantitative estimate of drug-likeness (QED) is 0.227. The third-order valence-electron chi connectivity index (χ3n) is 4.77. The highest BCUT2D eigenvalue weighted by molar-refractivity contribution is 7.99. The van der Waals surface area contributed by atoms with Gasteiger partial charge in [-0.05, 0) is 30.0 Å². The van der Waals surface area contributed by atoms with Gasteiger partial charge in [0.05, 0.1) is 42.3 Å². The van der Waals surface area contributed by atoms with Crippen molar-refractivity contribution in [2.45, 2.75) is 9.99 Å². The number of hydrogen-bond donors (Lipinski definition) is 0. The molecule has 4 aromatic rings. The number of nitro benzene ring substituents is 4. The van der Waals surface area contributed by atoms with E-state index < -0.39 is 42.4 Å². The Kier molecular flexibility index (Phi) is 5.65. The van der Waals surface area contributed by atoms with Crippen molar-refractivity contribution in [1.82, 2.24) is 0 Å². The van der Waals surface area contributed by atoms with Crippen molar-refractivity contribution >= 4 is 45.5 Å². The Labute approximate surface area is 192 Å².